The number of anilines is 2. The Morgan fingerprint density at radius 3 is 2.93 bits per heavy atom. The van der Waals surface area contributed by atoms with Gasteiger partial charge in [0.1, 0.15) is 5.84 Å². The number of hydrogen-bond acceptors (Lipinski definition) is 5. The molecule has 2 aliphatic heterocycles. The van der Waals surface area contributed by atoms with Gasteiger partial charge in [0.2, 0.25) is 0 Å². The van der Waals surface area contributed by atoms with Gasteiger partial charge in [0.05, 0.1) is 11.4 Å². The van der Waals surface area contributed by atoms with Crippen LogP contribution in [0.2, 0.25) is 5.02 Å². The molecule has 0 aliphatic carbocycles. The summed E-state index contributed by atoms with van der Waals surface area (Å²) < 4.78 is 5.26. The van der Waals surface area contributed by atoms with Crippen LogP contribution < -0.4 is 10.6 Å². The van der Waals surface area contributed by atoms with Crippen molar-refractivity contribution in [2.24, 2.45) is 4.99 Å². The summed E-state index contributed by atoms with van der Waals surface area (Å²) in [5.74, 6) is 1.01. The summed E-state index contributed by atoms with van der Waals surface area (Å²) in [6, 6.07) is 12.7. The van der Waals surface area contributed by atoms with Crippen molar-refractivity contribution in [2.75, 3.05) is 38.7 Å². The van der Waals surface area contributed by atoms with Crippen LogP contribution in [-0.2, 0) is 4.74 Å². The zero-order valence-corrected chi connectivity index (χ0v) is 16.5. The third-order valence-corrected chi connectivity index (χ3v) is 5.33. The minimum Gasteiger partial charge on any atom is -0.385 e. The molecular formula is C21H25ClN4O. The molecule has 27 heavy (non-hydrogen) atoms. The molecule has 2 aliphatic rings. The molecule has 1 saturated heterocycles. The van der Waals surface area contributed by atoms with Crippen LogP contribution in [-0.4, -0.2) is 50.1 Å². The van der Waals surface area contributed by atoms with Gasteiger partial charge >= 0.3 is 0 Å². The second-order valence-electron chi connectivity index (χ2n) is 7.15. The van der Waals surface area contributed by atoms with Crippen molar-refractivity contribution in [1.82, 2.24) is 10.2 Å². The maximum absolute atomic E-state index is 6.25. The van der Waals surface area contributed by atoms with Crippen molar-refractivity contribution < 1.29 is 4.74 Å². The number of amidine groups is 1. The number of aliphatic imine (C=N–C) groups is 1. The standard InChI is InChI=1S/C21H25ClN4O/c1-14-3-5-18-17(11-14)21(25-20-12-15(22)4-6-19(20)24-18)26-9-8-23-16(13-26)7-10-27-2/h3-6,11-12,16,23-24H,7-10,13H2,1-2H3/t16-/m0/s1. The van der Waals surface area contributed by atoms with Gasteiger partial charge < -0.3 is 20.3 Å². The Labute approximate surface area is 165 Å². The molecule has 0 radical (unpaired) electrons. The van der Waals surface area contributed by atoms with E-state index in [-0.39, 0.29) is 0 Å². The molecule has 1 atom stereocenters. The maximum atomic E-state index is 6.25. The summed E-state index contributed by atoms with van der Waals surface area (Å²) in [6.07, 6.45) is 0.988. The lowest BCUT2D eigenvalue weighted by molar-refractivity contribution is 0.168. The molecule has 2 heterocycles. The van der Waals surface area contributed by atoms with Crippen LogP contribution in [0, 0.1) is 6.92 Å². The first-order valence-corrected chi connectivity index (χ1v) is 9.75. The number of piperazine rings is 1. The van der Waals surface area contributed by atoms with Crippen LogP contribution in [0.5, 0.6) is 0 Å². The highest BCUT2D eigenvalue weighted by Crippen LogP contribution is 2.37. The summed E-state index contributed by atoms with van der Waals surface area (Å²) in [4.78, 5) is 7.44. The first-order chi connectivity index (χ1) is 13.1. The van der Waals surface area contributed by atoms with Gasteiger partial charge in [-0.25, -0.2) is 4.99 Å². The van der Waals surface area contributed by atoms with Crippen molar-refractivity contribution in [1.29, 1.82) is 0 Å². The van der Waals surface area contributed by atoms with Gasteiger partial charge in [-0.05, 0) is 43.7 Å². The number of methoxy groups -OCH3 is 1. The lowest BCUT2D eigenvalue weighted by Gasteiger charge is -2.36. The minimum absolute atomic E-state index is 0.393. The lowest BCUT2D eigenvalue weighted by atomic mass is 10.1. The predicted molar refractivity (Wildman–Crippen MR) is 112 cm³/mol. The van der Waals surface area contributed by atoms with Gasteiger partial charge in [0.25, 0.3) is 0 Å². The molecule has 0 unspecified atom stereocenters. The topological polar surface area (TPSA) is 48.9 Å². The normalized spacial score (nSPS) is 18.9. The number of aryl methyl sites for hydroxylation is 1. The summed E-state index contributed by atoms with van der Waals surface area (Å²) in [7, 11) is 1.75. The zero-order chi connectivity index (χ0) is 18.8. The molecular weight excluding hydrogens is 360 g/mol. The number of fused-ring (bicyclic) bond motifs is 2. The van der Waals surface area contributed by atoms with Crippen LogP contribution in [0.1, 0.15) is 17.5 Å². The van der Waals surface area contributed by atoms with E-state index in [0.717, 1.165) is 61.1 Å². The molecule has 0 aromatic heterocycles. The monoisotopic (exact) mass is 384 g/mol. The van der Waals surface area contributed by atoms with E-state index < -0.39 is 0 Å². The largest absolute Gasteiger partial charge is 0.385 e. The molecule has 2 aromatic rings. The number of rotatable bonds is 3. The summed E-state index contributed by atoms with van der Waals surface area (Å²) >= 11 is 6.25. The molecule has 0 bridgehead atoms. The zero-order valence-electron chi connectivity index (χ0n) is 15.8. The smallest absolute Gasteiger partial charge is 0.138 e. The first kappa shape index (κ1) is 18.3. The first-order valence-electron chi connectivity index (χ1n) is 9.37. The van der Waals surface area contributed by atoms with Gasteiger partial charge in [-0.15, -0.1) is 0 Å². The fourth-order valence-electron chi connectivity index (χ4n) is 3.69. The van der Waals surface area contributed by atoms with Gasteiger partial charge in [0.15, 0.2) is 0 Å². The van der Waals surface area contributed by atoms with Crippen molar-refractivity contribution in [2.45, 2.75) is 19.4 Å². The van der Waals surface area contributed by atoms with E-state index in [0.29, 0.717) is 11.1 Å². The Morgan fingerprint density at radius 1 is 1.22 bits per heavy atom. The van der Waals surface area contributed by atoms with E-state index in [1.54, 1.807) is 7.11 Å². The third-order valence-electron chi connectivity index (χ3n) is 5.10. The fourth-order valence-corrected chi connectivity index (χ4v) is 3.85. The van der Waals surface area contributed by atoms with Gasteiger partial charge in [-0.2, -0.15) is 0 Å². The van der Waals surface area contributed by atoms with Crippen LogP contribution in [0.4, 0.5) is 17.1 Å². The lowest BCUT2D eigenvalue weighted by Crippen LogP contribution is -2.53. The SMILES string of the molecule is COCC[C@H]1CN(C2=Nc3cc(Cl)ccc3Nc3ccc(C)cc32)CCN1. The summed E-state index contributed by atoms with van der Waals surface area (Å²) in [5.41, 5.74) is 5.28. The molecule has 4 rings (SSSR count). The van der Waals surface area contributed by atoms with Crippen LogP contribution in [0.3, 0.4) is 0 Å². The van der Waals surface area contributed by atoms with E-state index in [1.807, 2.05) is 18.2 Å². The molecule has 1 fully saturated rings. The molecule has 0 amide bonds. The number of nitrogens with one attached hydrogen (secondary N) is 2. The molecule has 2 N–H and O–H groups in total. The summed E-state index contributed by atoms with van der Waals surface area (Å²) in [5, 5.41) is 7.82. The molecule has 0 saturated carbocycles. The Hall–Kier alpha value is -2.08. The predicted octanol–water partition coefficient (Wildman–Crippen LogP) is 4.09. The highest BCUT2D eigenvalue weighted by Gasteiger charge is 2.26. The van der Waals surface area contributed by atoms with Crippen molar-refractivity contribution in [3.63, 3.8) is 0 Å². The number of ether oxygens (including phenoxy) is 1. The molecule has 2 aromatic carbocycles. The minimum atomic E-state index is 0.393. The van der Waals surface area contributed by atoms with Gasteiger partial charge in [0, 0.05) is 55.7 Å². The highest BCUT2D eigenvalue weighted by molar-refractivity contribution is 6.31. The molecule has 6 heteroatoms. The quantitative estimate of drug-likeness (QED) is 0.836. The van der Waals surface area contributed by atoms with E-state index in [1.165, 1.54) is 5.56 Å². The van der Waals surface area contributed by atoms with Crippen LogP contribution >= 0.6 is 11.6 Å². The van der Waals surface area contributed by atoms with E-state index >= 15 is 0 Å². The second kappa shape index (κ2) is 7.89. The second-order valence-corrected chi connectivity index (χ2v) is 7.59. The van der Waals surface area contributed by atoms with Crippen LogP contribution in [0.25, 0.3) is 0 Å². The molecule has 5 nitrogen and oxygen atoms in total. The van der Waals surface area contributed by atoms with E-state index in [9.17, 15) is 0 Å². The van der Waals surface area contributed by atoms with Crippen molar-refractivity contribution in [3.05, 3.63) is 52.5 Å². The maximum Gasteiger partial charge on any atom is 0.138 e. The summed E-state index contributed by atoms with van der Waals surface area (Å²) in [6.45, 7) is 5.64. The van der Waals surface area contributed by atoms with Gasteiger partial charge in [-0.3, -0.25) is 0 Å². The average molecular weight is 385 g/mol. The van der Waals surface area contributed by atoms with Gasteiger partial charge in [-0.1, -0.05) is 23.2 Å². The van der Waals surface area contributed by atoms with Crippen molar-refractivity contribution in [3.8, 4) is 0 Å². The Balaban J connectivity index is 1.75. The average Bonchev–Trinajstić information content (AvgIpc) is 2.83. The van der Waals surface area contributed by atoms with Crippen LogP contribution in [0.15, 0.2) is 41.4 Å². The number of benzene rings is 2. The number of hydrogen-bond donors (Lipinski definition) is 2. The third kappa shape index (κ3) is 3.95. The van der Waals surface area contributed by atoms with E-state index in [4.69, 9.17) is 21.3 Å². The Bertz CT molecular complexity index is 867. The Morgan fingerprint density at radius 2 is 2.07 bits per heavy atom. The Kier molecular flexibility index (Phi) is 5.34. The van der Waals surface area contributed by atoms with Crippen molar-refractivity contribution >= 4 is 34.5 Å². The highest BCUT2D eigenvalue weighted by atomic mass is 35.5. The molecule has 0 spiro atoms. The van der Waals surface area contributed by atoms with E-state index in [2.05, 4.69) is 40.7 Å². The number of halogens is 1. The fraction of sp³-hybridized carbons (Fsp3) is 0.381. The number of nitrogens with zero attached hydrogens (tertiary/aromatic N) is 2. The molecule has 142 valence electrons.